The second kappa shape index (κ2) is 7.66. The summed E-state index contributed by atoms with van der Waals surface area (Å²) in [6.45, 7) is 2.48. The second-order valence-electron chi connectivity index (χ2n) is 4.33. The summed E-state index contributed by atoms with van der Waals surface area (Å²) in [5, 5.41) is 11.9. The molecular formula is C13H19NO4S2. The number of carbonyl (C=O) groups is 1. The third-order valence-electron chi connectivity index (χ3n) is 2.68. The first kappa shape index (κ1) is 17.0. The zero-order valence-corrected chi connectivity index (χ0v) is 13.1. The molecule has 1 rings (SSSR count). The minimum absolute atomic E-state index is 0.290. The summed E-state index contributed by atoms with van der Waals surface area (Å²) in [7, 11) is -3.17. The Labute approximate surface area is 123 Å². The van der Waals surface area contributed by atoms with Crippen molar-refractivity contribution < 1.29 is 18.3 Å². The molecular weight excluding hydrogens is 298 g/mol. The summed E-state index contributed by atoms with van der Waals surface area (Å²) in [5.41, 5.74) is 0. The van der Waals surface area contributed by atoms with Crippen molar-refractivity contribution in [2.24, 2.45) is 0 Å². The Morgan fingerprint density at radius 3 is 2.40 bits per heavy atom. The van der Waals surface area contributed by atoms with E-state index in [1.165, 1.54) is 18.0 Å². The number of rotatable bonds is 8. The molecule has 2 N–H and O–H groups in total. The van der Waals surface area contributed by atoms with Crippen LogP contribution in [-0.4, -0.2) is 44.1 Å². The Hall–Kier alpha value is -1.05. The number of nitrogens with one attached hydrogen (secondary N) is 1. The van der Waals surface area contributed by atoms with Gasteiger partial charge in [-0.05, 0) is 37.2 Å². The molecule has 0 aliphatic rings. The highest BCUT2D eigenvalue weighted by Gasteiger charge is 2.15. The van der Waals surface area contributed by atoms with Crippen LogP contribution in [0.15, 0.2) is 34.1 Å². The lowest BCUT2D eigenvalue weighted by Crippen LogP contribution is -2.36. The van der Waals surface area contributed by atoms with Crippen molar-refractivity contribution in [1.29, 1.82) is 0 Å². The fourth-order valence-electron chi connectivity index (χ4n) is 1.64. The summed E-state index contributed by atoms with van der Waals surface area (Å²) < 4.78 is 22.6. The van der Waals surface area contributed by atoms with Crippen LogP contribution in [0.2, 0.25) is 0 Å². The number of benzene rings is 1. The molecule has 0 aromatic heterocycles. The van der Waals surface area contributed by atoms with Crippen LogP contribution >= 0.6 is 11.8 Å². The molecule has 0 aliphatic carbocycles. The molecule has 0 aliphatic heterocycles. The standard InChI is InChI=1S/C13H19NO4S2/c1-3-14-12(13(15)16)8-9-19-10-4-6-11(7-5-10)20(2,17)18/h4-7,12,14H,3,8-9H2,1-2H3,(H,15,16). The highest BCUT2D eigenvalue weighted by Crippen LogP contribution is 2.21. The van der Waals surface area contributed by atoms with Gasteiger partial charge in [0.2, 0.25) is 0 Å². The van der Waals surface area contributed by atoms with Crippen molar-refractivity contribution in [3.63, 3.8) is 0 Å². The number of hydrogen-bond donors (Lipinski definition) is 2. The van der Waals surface area contributed by atoms with Crippen LogP contribution in [-0.2, 0) is 14.6 Å². The Kier molecular flexibility index (Phi) is 6.51. The third kappa shape index (κ3) is 5.52. The van der Waals surface area contributed by atoms with Gasteiger partial charge in [0.25, 0.3) is 0 Å². The summed E-state index contributed by atoms with van der Waals surface area (Å²) in [4.78, 5) is 12.2. The Morgan fingerprint density at radius 2 is 1.95 bits per heavy atom. The summed E-state index contributed by atoms with van der Waals surface area (Å²) in [6, 6.07) is 6.07. The van der Waals surface area contributed by atoms with E-state index >= 15 is 0 Å². The van der Waals surface area contributed by atoms with Gasteiger partial charge in [0.1, 0.15) is 6.04 Å². The summed E-state index contributed by atoms with van der Waals surface area (Å²) in [6.07, 6.45) is 1.69. The predicted octanol–water partition coefficient (Wildman–Crippen LogP) is 1.64. The number of hydrogen-bond acceptors (Lipinski definition) is 5. The molecule has 0 amide bonds. The number of likely N-dealkylation sites (N-methyl/N-ethyl adjacent to an activating group) is 1. The highest BCUT2D eigenvalue weighted by molar-refractivity contribution is 7.99. The van der Waals surface area contributed by atoms with E-state index in [1.807, 2.05) is 6.92 Å². The first-order valence-corrected chi connectivity index (χ1v) is 9.11. The highest BCUT2D eigenvalue weighted by atomic mass is 32.2. The molecule has 0 fully saturated rings. The van der Waals surface area contributed by atoms with Gasteiger partial charge in [-0.15, -0.1) is 11.8 Å². The largest absolute Gasteiger partial charge is 0.480 e. The maximum Gasteiger partial charge on any atom is 0.320 e. The van der Waals surface area contributed by atoms with Crippen molar-refractivity contribution in [2.45, 2.75) is 29.2 Å². The number of carboxylic acid groups (broad SMARTS) is 1. The molecule has 1 atom stereocenters. The fraction of sp³-hybridized carbons (Fsp3) is 0.462. The van der Waals surface area contributed by atoms with Crippen LogP contribution in [0.25, 0.3) is 0 Å². The molecule has 112 valence electrons. The number of aliphatic carboxylic acids is 1. The van der Waals surface area contributed by atoms with Gasteiger partial charge in [-0.3, -0.25) is 4.79 Å². The smallest absolute Gasteiger partial charge is 0.320 e. The molecule has 0 spiro atoms. The lowest BCUT2D eigenvalue weighted by Gasteiger charge is -2.12. The number of thioether (sulfide) groups is 1. The van der Waals surface area contributed by atoms with Gasteiger partial charge in [-0.25, -0.2) is 8.42 Å². The van der Waals surface area contributed by atoms with E-state index in [2.05, 4.69) is 5.32 Å². The maximum atomic E-state index is 11.3. The average molecular weight is 317 g/mol. The monoisotopic (exact) mass is 317 g/mol. The van der Waals surface area contributed by atoms with E-state index in [4.69, 9.17) is 5.11 Å². The van der Waals surface area contributed by atoms with E-state index in [-0.39, 0.29) is 4.90 Å². The zero-order chi connectivity index (χ0) is 15.2. The molecule has 5 nitrogen and oxygen atoms in total. The molecule has 0 heterocycles. The molecule has 0 bridgehead atoms. The van der Waals surface area contributed by atoms with Crippen molar-refractivity contribution in [1.82, 2.24) is 5.32 Å². The van der Waals surface area contributed by atoms with Gasteiger partial charge in [0, 0.05) is 16.9 Å². The number of carboxylic acids is 1. The van der Waals surface area contributed by atoms with Crippen LogP contribution in [0.5, 0.6) is 0 Å². The lowest BCUT2D eigenvalue weighted by molar-refractivity contribution is -0.139. The van der Waals surface area contributed by atoms with Crippen LogP contribution < -0.4 is 5.32 Å². The molecule has 1 unspecified atom stereocenters. The topological polar surface area (TPSA) is 83.5 Å². The number of sulfone groups is 1. The molecule has 0 saturated heterocycles. The van der Waals surface area contributed by atoms with Crippen LogP contribution in [0.3, 0.4) is 0 Å². The zero-order valence-electron chi connectivity index (χ0n) is 11.5. The molecule has 1 aromatic carbocycles. The quantitative estimate of drug-likeness (QED) is 0.709. The fourth-order valence-corrected chi connectivity index (χ4v) is 3.19. The predicted molar refractivity (Wildman–Crippen MR) is 80.0 cm³/mol. The maximum absolute atomic E-state index is 11.3. The summed E-state index contributed by atoms with van der Waals surface area (Å²) >= 11 is 1.51. The average Bonchev–Trinajstić information content (AvgIpc) is 2.37. The van der Waals surface area contributed by atoms with Gasteiger partial charge in [0.05, 0.1) is 4.90 Å². The van der Waals surface area contributed by atoms with Crippen LogP contribution in [0.4, 0.5) is 0 Å². The first-order valence-electron chi connectivity index (χ1n) is 6.23. The second-order valence-corrected chi connectivity index (χ2v) is 7.51. The van der Waals surface area contributed by atoms with Gasteiger partial charge in [-0.2, -0.15) is 0 Å². The Balaban J connectivity index is 2.52. The van der Waals surface area contributed by atoms with E-state index in [9.17, 15) is 13.2 Å². The van der Waals surface area contributed by atoms with Gasteiger partial charge < -0.3 is 10.4 Å². The van der Waals surface area contributed by atoms with E-state index in [1.54, 1.807) is 24.3 Å². The molecule has 20 heavy (non-hydrogen) atoms. The van der Waals surface area contributed by atoms with Gasteiger partial charge in [0.15, 0.2) is 9.84 Å². The van der Waals surface area contributed by atoms with Gasteiger partial charge in [-0.1, -0.05) is 6.92 Å². The van der Waals surface area contributed by atoms with Crippen LogP contribution in [0.1, 0.15) is 13.3 Å². The molecule has 7 heteroatoms. The first-order chi connectivity index (χ1) is 9.34. The minimum Gasteiger partial charge on any atom is -0.480 e. The van der Waals surface area contributed by atoms with Crippen molar-refractivity contribution in [3.8, 4) is 0 Å². The van der Waals surface area contributed by atoms with Crippen molar-refractivity contribution >= 4 is 27.6 Å². The van der Waals surface area contributed by atoms with Gasteiger partial charge >= 0.3 is 5.97 Å². The van der Waals surface area contributed by atoms with E-state index in [0.717, 1.165) is 4.90 Å². The lowest BCUT2D eigenvalue weighted by atomic mass is 10.2. The van der Waals surface area contributed by atoms with Crippen molar-refractivity contribution in [2.75, 3.05) is 18.6 Å². The molecule has 0 saturated carbocycles. The van der Waals surface area contributed by atoms with E-state index < -0.39 is 21.8 Å². The minimum atomic E-state index is -3.17. The normalized spacial score (nSPS) is 13.1. The Morgan fingerprint density at radius 1 is 1.35 bits per heavy atom. The third-order valence-corrected chi connectivity index (χ3v) is 4.85. The SMILES string of the molecule is CCNC(CCSc1ccc(S(C)(=O)=O)cc1)C(=O)O. The molecule has 0 radical (unpaired) electrons. The summed E-state index contributed by atoms with van der Waals surface area (Å²) in [5.74, 6) is -0.192. The van der Waals surface area contributed by atoms with Crippen LogP contribution in [0, 0.1) is 0 Å². The Bertz CT molecular complexity index is 540. The van der Waals surface area contributed by atoms with E-state index in [0.29, 0.717) is 18.7 Å². The van der Waals surface area contributed by atoms with Crippen molar-refractivity contribution in [3.05, 3.63) is 24.3 Å². The molecule has 1 aromatic rings.